The number of halogens is 1. The van der Waals surface area contributed by atoms with Crippen LogP contribution in [-0.2, 0) is 11.2 Å². The smallest absolute Gasteiger partial charge is 0.140 e. The second-order valence-electron chi connectivity index (χ2n) is 5.54. The van der Waals surface area contributed by atoms with Gasteiger partial charge in [-0.1, -0.05) is 31.9 Å². The maximum absolute atomic E-state index is 12.3. The molecule has 0 bridgehead atoms. The molecule has 1 aromatic heterocycles. The lowest BCUT2D eigenvalue weighted by Gasteiger charge is -2.25. The summed E-state index contributed by atoms with van der Waals surface area (Å²) in [6.45, 7) is 4.38. The number of rotatable bonds is 3. The fraction of sp³-hybridized carbons (Fsp3) is 0.571. The predicted molar refractivity (Wildman–Crippen MR) is 69.1 cm³/mol. The van der Waals surface area contributed by atoms with Crippen LogP contribution in [0.4, 0.5) is 0 Å². The zero-order chi connectivity index (χ0) is 12.5. The maximum atomic E-state index is 12.3. The summed E-state index contributed by atoms with van der Waals surface area (Å²) in [6, 6.07) is 1.84. The standard InChI is InChI=1S/C14H18ClNO/c1-14(2)6-3-4-11(14)13(17)8-10-5-7-16-9-12(10)15/h5,7,9,11H,3-4,6,8H2,1-2H3. The Morgan fingerprint density at radius 1 is 1.59 bits per heavy atom. The molecule has 2 rings (SSSR count). The summed E-state index contributed by atoms with van der Waals surface area (Å²) in [7, 11) is 0. The fourth-order valence-electron chi connectivity index (χ4n) is 2.78. The highest BCUT2D eigenvalue weighted by Crippen LogP contribution is 2.43. The van der Waals surface area contributed by atoms with Crippen LogP contribution in [0.25, 0.3) is 0 Å². The maximum Gasteiger partial charge on any atom is 0.140 e. The van der Waals surface area contributed by atoms with E-state index in [1.54, 1.807) is 12.4 Å². The number of Topliss-reactive ketones (excluding diaryl/α,β-unsaturated/α-hetero) is 1. The van der Waals surface area contributed by atoms with E-state index >= 15 is 0 Å². The van der Waals surface area contributed by atoms with Crippen molar-refractivity contribution < 1.29 is 4.79 Å². The second kappa shape index (κ2) is 4.77. The number of carbonyl (C=O) groups is 1. The van der Waals surface area contributed by atoms with E-state index < -0.39 is 0 Å². The lowest BCUT2D eigenvalue weighted by molar-refractivity contribution is -0.124. The second-order valence-corrected chi connectivity index (χ2v) is 5.95. The van der Waals surface area contributed by atoms with Crippen molar-refractivity contribution in [2.45, 2.75) is 39.5 Å². The molecule has 0 saturated heterocycles. The molecule has 0 N–H and O–H groups in total. The molecule has 0 aliphatic heterocycles. The summed E-state index contributed by atoms with van der Waals surface area (Å²) in [5, 5.41) is 0.594. The lowest BCUT2D eigenvalue weighted by atomic mass is 9.78. The number of hydrogen-bond acceptors (Lipinski definition) is 2. The molecule has 1 unspecified atom stereocenters. The first-order chi connectivity index (χ1) is 8.00. The van der Waals surface area contributed by atoms with Gasteiger partial charge >= 0.3 is 0 Å². The first-order valence-corrected chi connectivity index (χ1v) is 6.49. The summed E-state index contributed by atoms with van der Waals surface area (Å²) in [4.78, 5) is 16.2. The van der Waals surface area contributed by atoms with Crippen LogP contribution in [0, 0.1) is 11.3 Å². The molecular weight excluding hydrogens is 234 g/mol. The van der Waals surface area contributed by atoms with Crippen molar-refractivity contribution in [1.29, 1.82) is 0 Å². The Balaban J connectivity index is 2.10. The van der Waals surface area contributed by atoms with E-state index in [0.717, 1.165) is 24.8 Å². The molecule has 1 aliphatic rings. The first kappa shape index (κ1) is 12.6. The van der Waals surface area contributed by atoms with Gasteiger partial charge in [0, 0.05) is 24.7 Å². The molecule has 1 heterocycles. The number of hydrogen-bond donors (Lipinski definition) is 0. The monoisotopic (exact) mass is 251 g/mol. The Labute approximate surface area is 107 Å². The van der Waals surface area contributed by atoms with Crippen molar-refractivity contribution in [3.8, 4) is 0 Å². The number of pyridine rings is 1. The molecule has 17 heavy (non-hydrogen) atoms. The predicted octanol–water partition coefficient (Wildman–Crippen LogP) is 3.67. The van der Waals surface area contributed by atoms with Gasteiger partial charge in [0.25, 0.3) is 0 Å². The van der Waals surface area contributed by atoms with Crippen LogP contribution in [-0.4, -0.2) is 10.8 Å². The molecule has 1 aliphatic carbocycles. The molecule has 1 fully saturated rings. The molecule has 0 spiro atoms. The van der Waals surface area contributed by atoms with Gasteiger partial charge in [0.1, 0.15) is 5.78 Å². The quantitative estimate of drug-likeness (QED) is 0.820. The third kappa shape index (κ3) is 2.68. The van der Waals surface area contributed by atoms with Crippen LogP contribution >= 0.6 is 11.6 Å². The van der Waals surface area contributed by atoms with Gasteiger partial charge in [0.2, 0.25) is 0 Å². The third-order valence-electron chi connectivity index (χ3n) is 3.87. The fourth-order valence-corrected chi connectivity index (χ4v) is 2.97. The summed E-state index contributed by atoms with van der Waals surface area (Å²) < 4.78 is 0. The highest BCUT2D eigenvalue weighted by atomic mass is 35.5. The average molecular weight is 252 g/mol. The van der Waals surface area contributed by atoms with Crippen LogP contribution in [0.5, 0.6) is 0 Å². The zero-order valence-electron chi connectivity index (χ0n) is 10.4. The number of aromatic nitrogens is 1. The molecule has 1 saturated carbocycles. The van der Waals surface area contributed by atoms with E-state index in [1.165, 1.54) is 0 Å². The van der Waals surface area contributed by atoms with Crippen molar-refractivity contribution in [3.05, 3.63) is 29.0 Å². The Morgan fingerprint density at radius 2 is 2.35 bits per heavy atom. The van der Waals surface area contributed by atoms with E-state index in [4.69, 9.17) is 11.6 Å². The van der Waals surface area contributed by atoms with Crippen molar-refractivity contribution >= 4 is 17.4 Å². The van der Waals surface area contributed by atoms with Gasteiger partial charge in [-0.05, 0) is 29.9 Å². The normalized spacial score (nSPS) is 22.6. The van der Waals surface area contributed by atoms with Crippen molar-refractivity contribution in [1.82, 2.24) is 4.98 Å². The van der Waals surface area contributed by atoms with Crippen LogP contribution < -0.4 is 0 Å². The van der Waals surface area contributed by atoms with E-state index in [-0.39, 0.29) is 11.3 Å². The van der Waals surface area contributed by atoms with Gasteiger partial charge in [-0.15, -0.1) is 0 Å². The Hall–Kier alpha value is -0.890. The summed E-state index contributed by atoms with van der Waals surface area (Å²) >= 11 is 6.03. The highest BCUT2D eigenvalue weighted by molar-refractivity contribution is 6.31. The molecule has 1 atom stereocenters. The Morgan fingerprint density at radius 3 is 2.94 bits per heavy atom. The third-order valence-corrected chi connectivity index (χ3v) is 4.21. The van der Waals surface area contributed by atoms with Gasteiger partial charge in [0.05, 0.1) is 5.02 Å². The van der Waals surface area contributed by atoms with Gasteiger partial charge < -0.3 is 0 Å². The van der Waals surface area contributed by atoms with Crippen LogP contribution in [0.15, 0.2) is 18.5 Å². The van der Waals surface area contributed by atoms with Gasteiger partial charge in [-0.2, -0.15) is 0 Å². The van der Waals surface area contributed by atoms with E-state index in [2.05, 4.69) is 18.8 Å². The Bertz CT molecular complexity index is 428. The van der Waals surface area contributed by atoms with Gasteiger partial charge in [-0.25, -0.2) is 0 Å². The van der Waals surface area contributed by atoms with Crippen LogP contribution in [0.1, 0.15) is 38.7 Å². The highest BCUT2D eigenvalue weighted by Gasteiger charge is 2.38. The van der Waals surface area contributed by atoms with Gasteiger partial charge in [-0.3, -0.25) is 9.78 Å². The summed E-state index contributed by atoms with van der Waals surface area (Å²) in [6.07, 6.45) is 7.06. The van der Waals surface area contributed by atoms with E-state index in [0.29, 0.717) is 17.2 Å². The molecule has 0 aromatic carbocycles. The van der Waals surface area contributed by atoms with Crippen molar-refractivity contribution in [2.24, 2.45) is 11.3 Å². The van der Waals surface area contributed by atoms with Crippen molar-refractivity contribution in [2.75, 3.05) is 0 Å². The summed E-state index contributed by atoms with van der Waals surface area (Å²) in [5.41, 5.74) is 1.05. The lowest BCUT2D eigenvalue weighted by Crippen LogP contribution is -2.27. The van der Waals surface area contributed by atoms with Crippen LogP contribution in [0.2, 0.25) is 5.02 Å². The van der Waals surface area contributed by atoms with E-state index in [1.807, 2.05) is 6.07 Å². The minimum absolute atomic E-state index is 0.149. The van der Waals surface area contributed by atoms with Crippen molar-refractivity contribution in [3.63, 3.8) is 0 Å². The SMILES string of the molecule is CC1(C)CCCC1C(=O)Cc1ccncc1Cl. The Kier molecular flexibility index (Phi) is 3.53. The molecule has 0 amide bonds. The molecule has 1 aromatic rings. The molecule has 3 heteroatoms. The topological polar surface area (TPSA) is 30.0 Å². The van der Waals surface area contributed by atoms with E-state index in [9.17, 15) is 4.79 Å². The molecule has 0 radical (unpaired) electrons. The number of nitrogens with zero attached hydrogens (tertiary/aromatic N) is 1. The summed E-state index contributed by atoms with van der Waals surface area (Å²) in [5.74, 6) is 0.507. The molecule has 2 nitrogen and oxygen atoms in total. The average Bonchev–Trinajstić information content (AvgIpc) is 2.61. The zero-order valence-corrected chi connectivity index (χ0v) is 11.1. The van der Waals surface area contributed by atoms with Crippen LogP contribution in [0.3, 0.4) is 0 Å². The molecule has 92 valence electrons. The van der Waals surface area contributed by atoms with Gasteiger partial charge in [0.15, 0.2) is 0 Å². The largest absolute Gasteiger partial charge is 0.299 e. The molecular formula is C14H18ClNO. The first-order valence-electron chi connectivity index (χ1n) is 6.12. The minimum Gasteiger partial charge on any atom is -0.299 e. The number of ketones is 1. The number of carbonyl (C=O) groups excluding carboxylic acids is 1. The minimum atomic E-state index is 0.149.